The topological polar surface area (TPSA) is 104 Å². The van der Waals surface area contributed by atoms with Crippen LogP contribution in [0.25, 0.3) is 0 Å². The van der Waals surface area contributed by atoms with Crippen molar-refractivity contribution in [3.63, 3.8) is 0 Å². The number of nitrogens with zero attached hydrogens (tertiary/aromatic N) is 1. The Bertz CT molecular complexity index is 373. The molecular formula is C12H20N2O4. The van der Waals surface area contributed by atoms with E-state index in [2.05, 4.69) is 0 Å². The molecule has 6 heteroatoms. The van der Waals surface area contributed by atoms with Crippen LogP contribution in [0.2, 0.25) is 0 Å². The van der Waals surface area contributed by atoms with Crippen LogP contribution in [0.1, 0.15) is 32.6 Å². The van der Waals surface area contributed by atoms with E-state index in [1.807, 2.05) is 0 Å². The number of aliphatic carboxylic acids is 1. The van der Waals surface area contributed by atoms with Gasteiger partial charge in [-0.2, -0.15) is 0 Å². The molecule has 0 aromatic heterocycles. The average molecular weight is 256 g/mol. The Balaban J connectivity index is 2.20. The number of carboxylic acid groups (broad SMARTS) is 1. The molecule has 0 aromatic carbocycles. The highest BCUT2D eigenvalue weighted by Gasteiger charge is 2.49. The molecule has 1 saturated carbocycles. The number of nitrogens with two attached hydrogens (primary N) is 1. The standard InChI is InChI=1S/C12H20N2O4/c1-12(4-2-3-9(12)13)11(18)14-6-7(15)5-8(14)10(16)17/h7-9,15H,2-6,13H2,1H3,(H,16,17)/t7-,8+,9?,12?/m1/s1. The second kappa shape index (κ2) is 4.51. The number of β-amino-alcohol motifs (C(OH)–C–C–N with tert-alkyl or cyclic N) is 1. The van der Waals surface area contributed by atoms with Crippen molar-refractivity contribution in [2.24, 2.45) is 11.1 Å². The third-order valence-electron chi connectivity index (χ3n) is 4.34. The number of aliphatic hydroxyl groups is 1. The quantitative estimate of drug-likeness (QED) is 0.621. The summed E-state index contributed by atoms with van der Waals surface area (Å²) in [5, 5.41) is 18.7. The molecule has 2 aliphatic rings. The smallest absolute Gasteiger partial charge is 0.326 e. The fourth-order valence-corrected chi connectivity index (χ4v) is 3.06. The number of aliphatic hydroxyl groups excluding tert-OH is 1. The molecule has 1 heterocycles. The van der Waals surface area contributed by atoms with Gasteiger partial charge in [0.2, 0.25) is 5.91 Å². The molecule has 1 aliphatic heterocycles. The van der Waals surface area contributed by atoms with Crippen molar-refractivity contribution in [1.29, 1.82) is 0 Å². The van der Waals surface area contributed by atoms with E-state index >= 15 is 0 Å². The fourth-order valence-electron chi connectivity index (χ4n) is 3.06. The maximum Gasteiger partial charge on any atom is 0.326 e. The highest BCUT2D eigenvalue weighted by Crippen LogP contribution is 2.39. The molecule has 1 saturated heterocycles. The van der Waals surface area contributed by atoms with E-state index in [9.17, 15) is 14.7 Å². The molecule has 4 atom stereocenters. The first-order valence-electron chi connectivity index (χ1n) is 6.34. The molecule has 0 aromatic rings. The van der Waals surface area contributed by atoms with Gasteiger partial charge >= 0.3 is 5.97 Å². The SMILES string of the molecule is CC1(C(=O)N2C[C@H](O)C[C@H]2C(=O)O)CCCC1N. The molecule has 0 bridgehead atoms. The monoisotopic (exact) mass is 256 g/mol. The zero-order valence-corrected chi connectivity index (χ0v) is 10.5. The fraction of sp³-hybridized carbons (Fsp3) is 0.833. The first-order chi connectivity index (χ1) is 8.36. The predicted molar refractivity (Wildman–Crippen MR) is 63.7 cm³/mol. The average Bonchev–Trinajstić information content (AvgIpc) is 2.83. The molecule has 102 valence electrons. The van der Waals surface area contributed by atoms with Crippen LogP contribution in [0, 0.1) is 5.41 Å². The number of carbonyl (C=O) groups is 2. The van der Waals surface area contributed by atoms with E-state index in [4.69, 9.17) is 10.8 Å². The van der Waals surface area contributed by atoms with E-state index in [1.165, 1.54) is 4.90 Å². The Kier molecular flexibility index (Phi) is 3.33. The number of likely N-dealkylation sites (tertiary alicyclic amines) is 1. The van der Waals surface area contributed by atoms with E-state index in [0.717, 1.165) is 12.8 Å². The zero-order chi connectivity index (χ0) is 13.5. The summed E-state index contributed by atoms with van der Waals surface area (Å²) in [5.41, 5.74) is 5.30. The molecule has 2 fully saturated rings. The van der Waals surface area contributed by atoms with Gasteiger partial charge in [0.1, 0.15) is 6.04 Å². The minimum atomic E-state index is -1.06. The Hall–Kier alpha value is -1.14. The molecule has 2 unspecified atom stereocenters. The number of hydrogen-bond donors (Lipinski definition) is 3. The maximum absolute atomic E-state index is 12.5. The molecule has 6 nitrogen and oxygen atoms in total. The lowest BCUT2D eigenvalue weighted by Gasteiger charge is -2.34. The molecule has 0 radical (unpaired) electrons. The highest BCUT2D eigenvalue weighted by molar-refractivity contribution is 5.88. The third-order valence-corrected chi connectivity index (χ3v) is 4.34. The molecule has 0 spiro atoms. The van der Waals surface area contributed by atoms with Crippen LogP contribution in [0.4, 0.5) is 0 Å². The van der Waals surface area contributed by atoms with Gasteiger partial charge in [0.15, 0.2) is 0 Å². The lowest BCUT2D eigenvalue weighted by atomic mass is 9.83. The van der Waals surface area contributed by atoms with E-state index in [1.54, 1.807) is 6.92 Å². The summed E-state index contributed by atoms with van der Waals surface area (Å²) in [4.78, 5) is 24.9. The first-order valence-corrected chi connectivity index (χ1v) is 6.34. The van der Waals surface area contributed by atoms with Crippen molar-refractivity contribution in [1.82, 2.24) is 4.90 Å². The van der Waals surface area contributed by atoms with Gasteiger partial charge in [0, 0.05) is 19.0 Å². The largest absolute Gasteiger partial charge is 0.480 e. The van der Waals surface area contributed by atoms with Crippen LogP contribution in [-0.2, 0) is 9.59 Å². The Labute approximate surface area is 106 Å². The summed E-state index contributed by atoms with van der Waals surface area (Å²) < 4.78 is 0. The molecule has 2 rings (SSSR count). The molecule has 4 N–H and O–H groups in total. The second-order valence-corrected chi connectivity index (χ2v) is 5.62. The van der Waals surface area contributed by atoms with Crippen molar-refractivity contribution in [3.8, 4) is 0 Å². The summed E-state index contributed by atoms with van der Waals surface area (Å²) in [6.07, 6.45) is 1.71. The van der Waals surface area contributed by atoms with Gasteiger partial charge in [0.25, 0.3) is 0 Å². The molecule has 1 amide bonds. The lowest BCUT2D eigenvalue weighted by Crippen LogP contribution is -2.52. The van der Waals surface area contributed by atoms with Gasteiger partial charge in [-0.05, 0) is 19.8 Å². The summed E-state index contributed by atoms with van der Waals surface area (Å²) in [6.45, 7) is 1.90. The van der Waals surface area contributed by atoms with Gasteiger partial charge in [0.05, 0.1) is 11.5 Å². The van der Waals surface area contributed by atoms with Crippen molar-refractivity contribution in [2.45, 2.75) is 50.8 Å². The highest BCUT2D eigenvalue weighted by atomic mass is 16.4. The van der Waals surface area contributed by atoms with Crippen molar-refractivity contribution in [3.05, 3.63) is 0 Å². The van der Waals surface area contributed by atoms with E-state index in [-0.39, 0.29) is 24.9 Å². The Morgan fingerprint density at radius 1 is 1.44 bits per heavy atom. The molecular weight excluding hydrogens is 236 g/mol. The number of rotatable bonds is 2. The molecule has 1 aliphatic carbocycles. The van der Waals surface area contributed by atoms with Crippen LogP contribution in [-0.4, -0.2) is 51.7 Å². The summed E-state index contributed by atoms with van der Waals surface area (Å²) >= 11 is 0. The number of carboxylic acids is 1. The maximum atomic E-state index is 12.5. The van der Waals surface area contributed by atoms with Crippen LogP contribution in [0.3, 0.4) is 0 Å². The second-order valence-electron chi connectivity index (χ2n) is 5.62. The number of amides is 1. The van der Waals surface area contributed by atoms with Gasteiger partial charge in [-0.25, -0.2) is 4.79 Å². The lowest BCUT2D eigenvalue weighted by molar-refractivity contribution is -0.153. The van der Waals surface area contributed by atoms with Gasteiger partial charge in [-0.1, -0.05) is 6.42 Å². The van der Waals surface area contributed by atoms with Crippen molar-refractivity contribution in [2.75, 3.05) is 6.54 Å². The van der Waals surface area contributed by atoms with Crippen molar-refractivity contribution >= 4 is 11.9 Å². The Morgan fingerprint density at radius 3 is 2.61 bits per heavy atom. The van der Waals surface area contributed by atoms with Gasteiger partial charge < -0.3 is 20.8 Å². The minimum absolute atomic E-state index is 0.0953. The summed E-state index contributed by atoms with van der Waals surface area (Å²) in [6, 6.07) is -1.14. The van der Waals surface area contributed by atoms with Crippen LogP contribution >= 0.6 is 0 Å². The minimum Gasteiger partial charge on any atom is -0.480 e. The zero-order valence-electron chi connectivity index (χ0n) is 10.5. The van der Waals surface area contributed by atoms with Crippen LogP contribution in [0.5, 0.6) is 0 Å². The first kappa shape index (κ1) is 13.3. The van der Waals surface area contributed by atoms with Crippen molar-refractivity contribution < 1.29 is 19.8 Å². The van der Waals surface area contributed by atoms with Crippen LogP contribution in [0.15, 0.2) is 0 Å². The summed E-state index contributed by atoms with van der Waals surface area (Å²) in [5.74, 6) is -1.29. The summed E-state index contributed by atoms with van der Waals surface area (Å²) in [7, 11) is 0. The van der Waals surface area contributed by atoms with E-state index < -0.39 is 23.5 Å². The number of carbonyl (C=O) groups excluding carboxylic acids is 1. The normalized spacial score (nSPS) is 40.2. The molecule has 18 heavy (non-hydrogen) atoms. The van der Waals surface area contributed by atoms with Gasteiger partial charge in [-0.3, -0.25) is 4.79 Å². The van der Waals surface area contributed by atoms with Gasteiger partial charge in [-0.15, -0.1) is 0 Å². The van der Waals surface area contributed by atoms with Crippen LogP contribution < -0.4 is 5.73 Å². The predicted octanol–water partition coefficient (Wildman–Crippen LogP) is -0.450. The van der Waals surface area contributed by atoms with E-state index in [0.29, 0.717) is 6.42 Å². The Morgan fingerprint density at radius 2 is 2.11 bits per heavy atom. The third kappa shape index (κ3) is 1.99. The number of hydrogen-bond acceptors (Lipinski definition) is 4.